The van der Waals surface area contributed by atoms with Crippen LogP contribution in [0.5, 0.6) is 0 Å². The lowest BCUT2D eigenvalue weighted by atomic mass is 9.95. The summed E-state index contributed by atoms with van der Waals surface area (Å²) in [4.78, 5) is 13.4. The van der Waals surface area contributed by atoms with Gasteiger partial charge in [0.1, 0.15) is 18.0 Å². The first-order valence-electron chi connectivity index (χ1n) is 9.76. The van der Waals surface area contributed by atoms with E-state index in [1.165, 1.54) is 0 Å². The number of aromatic nitrogens is 6. The van der Waals surface area contributed by atoms with Crippen molar-refractivity contribution >= 4 is 17.3 Å². The molecule has 0 bridgehead atoms. The maximum Gasteiger partial charge on any atom is 0.178 e. The fourth-order valence-corrected chi connectivity index (χ4v) is 4.06. The monoisotopic (exact) mass is 380 g/mol. The van der Waals surface area contributed by atoms with Crippen LogP contribution >= 0.6 is 0 Å². The molecule has 2 aliphatic rings. The molecule has 28 heavy (non-hydrogen) atoms. The third-order valence-corrected chi connectivity index (χ3v) is 5.63. The van der Waals surface area contributed by atoms with Crippen LogP contribution in [0, 0.1) is 0 Å². The van der Waals surface area contributed by atoms with E-state index >= 15 is 0 Å². The summed E-state index contributed by atoms with van der Waals surface area (Å²) in [5, 5.41) is 13.5. The molecule has 5 heterocycles. The van der Waals surface area contributed by atoms with E-state index in [1.54, 1.807) is 6.33 Å². The fourth-order valence-electron chi connectivity index (χ4n) is 4.06. The van der Waals surface area contributed by atoms with Crippen molar-refractivity contribution in [3.63, 3.8) is 0 Å². The van der Waals surface area contributed by atoms with Crippen LogP contribution in [0.2, 0.25) is 0 Å². The summed E-state index contributed by atoms with van der Waals surface area (Å²) in [6.45, 7) is 3.21. The summed E-state index contributed by atoms with van der Waals surface area (Å²) in [5.41, 5.74) is 3.07. The lowest BCUT2D eigenvalue weighted by Gasteiger charge is -2.34. The molecule has 0 spiro atoms. The summed E-state index contributed by atoms with van der Waals surface area (Å²) in [5.74, 6) is 3.22. The molecular weight excluding hydrogens is 356 g/mol. The summed E-state index contributed by atoms with van der Waals surface area (Å²) in [6.07, 6.45) is 4.54. The Labute approximate surface area is 163 Å². The van der Waals surface area contributed by atoms with E-state index in [1.807, 2.05) is 35.6 Å². The Morgan fingerprint density at radius 3 is 2.79 bits per heavy atom. The van der Waals surface area contributed by atoms with Crippen molar-refractivity contribution < 1.29 is 4.74 Å². The molecule has 9 heteroatoms. The number of piperidine rings is 1. The summed E-state index contributed by atoms with van der Waals surface area (Å²) >= 11 is 0. The lowest BCUT2D eigenvalue weighted by molar-refractivity contribution is 0.109. The predicted octanol–water partition coefficient (Wildman–Crippen LogP) is 1.44. The van der Waals surface area contributed by atoms with Crippen molar-refractivity contribution in [3.05, 3.63) is 35.5 Å². The fraction of sp³-hybridized carbons (Fsp3) is 0.526. The summed E-state index contributed by atoms with van der Waals surface area (Å²) < 4.78 is 7.54. The maximum absolute atomic E-state index is 5.65. The van der Waals surface area contributed by atoms with Gasteiger partial charge in [-0.05, 0) is 25.0 Å². The number of anilines is 2. The molecule has 0 unspecified atom stereocenters. The Morgan fingerprint density at radius 2 is 1.96 bits per heavy atom. The van der Waals surface area contributed by atoms with Crippen molar-refractivity contribution in [3.8, 4) is 0 Å². The topological polar surface area (TPSA) is 84.6 Å². The van der Waals surface area contributed by atoms with E-state index in [4.69, 9.17) is 9.84 Å². The van der Waals surface area contributed by atoms with Gasteiger partial charge in [-0.15, -0.1) is 15.3 Å². The zero-order chi connectivity index (χ0) is 19.1. The average Bonchev–Trinajstić information content (AvgIpc) is 3.17. The molecule has 0 atom stereocenters. The molecule has 0 aliphatic carbocycles. The first-order valence-corrected chi connectivity index (χ1v) is 9.76. The molecule has 0 saturated carbocycles. The molecule has 2 aliphatic heterocycles. The second kappa shape index (κ2) is 6.97. The van der Waals surface area contributed by atoms with Gasteiger partial charge in [0, 0.05) is 45.1 Å². The van der Waals surface area contributed by atoms with E-state index < -0.39 is 0 Å². The third-order valence-electron chi connectivity index (χ3n) is 5.63. The largest absolute Gasteiger partial charge is 0.376 e. The number of ether oxygens (including phenoxy) is 1. The number of hydrogen-bond donors (Lipinski definition) is 0. The normalized spacial score (nSPS) is 17.7. The van der Waals surface area contributed by atoms with Gasteiger partial charge in [0.15, 0.2) is 11.5 Å². The standard InChI is InChI=1S/C19H24N8O/c1-25(2)17-4-3-16-22-23-18(27(16)24-17)13-5-8-26(9-6-13)19-14-11-28-10-7-15(14)20-12-21-19/h3-4,12-13H,5-11H2,1-2H3. The molecule has 3 aromatic rings. The minimum Gasteiger partial charge on any atom is -0.376 e. The lowest BCUT2D eigenvalue weighted by Crippen LogP contribution is -2.35. The molecular formula is C19H24N8O. The van der Waals surface area contributed by atoms with Gasteiger partial charge in [-0.2, -0.15) is 4.52 Å². The third kappa shape index (κ3) is 2.95. The smallest absolute Gasteiger partial charge is 0.178 e. The minimum absolute atomic E-state index is 0.338. The summed E-state index contributed by atoms with van der Waals surface area (Å²) in [7, 11) is 3.98. The molecule has 146 valence electrons. The van der Waals surface area contributed by atoms with Crippen molar-refractivity contribution in [2.24, 2.45) is 0 Å². The second-order valence-corrected chi connectivity index (χ2v) is 7.60. The molecule has 1 saturated heterocycles. The highest BCUT2D eigenvalue weighted by atomic mass is 16.5. The molecule has 0 N–H and O–H groups in total. The minimum atomic E-state index is 0.338. The molecule has 0 aromatic carbocycles. The Kier molecular flexibility index (Phi) is 4.31. The Morgan fingerprint density at radius 1 is 1.11 bits per heavy atom. The molecule has 9 nitrogen and oxygen atoms in total. The van der Waals surface area contributed by atoms with Crippen molar-refractivity contribution in [1.82, 2.24) is 29.8 Å². The van der Waals surface area contributed by atoms with Crippen molar-refractivity contribution in [1.29, 1.82) is 0 Å². The zero-order valence-corrected chi connectivity index (χ0v) is 16.2. The first-order chi connectivity index (χ1) is 13.7. The van der Waals surface area contributed by atoms with E-state index in [-0.39, 0.29) is 0 Å². The van der Waals surface area contributed by atoms with Crippen LogP contribution in [0.3, 0.4) is 0 Å². The molecule has 0 amide bonds. The highest BCUT2D eigenvalue weighted by molar-refractivity contribution is 5.50. The quantitative estimate of drug-likeness (QED) is 0.675. The van der Waals surface area contributed by atoms with Crippen LogP contribution in [-0.4, -0.2) is 63.6 Å². The van der Waals surface area contributed by atoms with Crippen molar-refractivity contribution in [2.45, 2.75) is 31.8 Å². The van der Waals surface area contributed by atoms with Crippen LogP contribution in [0.1, 0.15) is 35.8 Å². The van der Waals surface area contributed by atoms with E-state index in [0.29, 0.717) is 12.5 Å². The van der Waals surface area contributed by atoms with E-state index in [2.05, 4.69) is 25.1 Å². The Balaban J connectivity index is 1.37. The SMILES string of the molecule is CN(C)c1ccc2nnc(C3CCN(c4ncnc5c4COCC5)CC3)n2n1. The maximum atomic E-state index is 5.65. The van der Waals surface area contributed by atoms with Gasteiger partial charge in [0.25, 0.3) is 0 Å². The molecule has 0 radical (unpaired) electrons. The van der Waals surface area contributed by atoms with Crippen molar-refractivity contribution in [2.75, 3.05) is 43.6 Å². The van der Waals surface area contributed by atoms with Gasteiger partial charge in [-0.1, -0.05) is 0 Å². The second-order valence-electron chi connectivity index (χ2n) is 7.60. The number of rotatable bonds is 3. The van der Waals surface area contributed by atoms with E-state index in [9.17, 15) is 0 Å². The van der Waals surface area contributed by atoms with Crippen LogP contribution < -0.4 is 9.80 Å². The van der Waals surface area contributed by atoms with Crippen LogP contribution in [0.25, 0.3) is 5.65 Å². The van der Waals surface area contributed by atoms with E-state index in [0.717, 1.165) is 73.3 Å². The van der Waals surface area contributed by atoms with Gasteiger partial charge in [0.05, 0.1) is 18.9 Å². The predicted molar refractivity (Wildman–Crippen MR) is 105 cm³/mol. The molecule has 3 aromatic heterocycles. The van der Waals surface area contributed by atoms with Crippen LogP contribution in [0.4, 0.5) is 11.6 Å². The average molecular weight is 380 g/mol. The zero-order valence-electron chi connectivity index (χ0n) is 16.2. The summed E-state index contributed by atoms with van der Waals surface area (Å²) in [6, 6.07) is 3.94. The number of hydrogen-bond acceptors (Lipinski definition) is 8. The first kappa shape index (κ1) is 17.3. The van der Waals surface area contributed by atoms with Gasteiger partial charge < -0.3 is 14.5 Å². The number of nitrogens with zero attached hydrogens (tertiary/aromatic N) is 8. The highest BCUT2D eigenvalue weighted by Gasteiger charge is 2.28. The molecule has 1 fully saturated rings. The molecule has 5 rings (SSSR count). The Hall–Kier alpha value is -2.81. The van der Waals surface area contributed by atoms with Gasteiger partial charge >= 0.3 is 0 Å². The van der Waals surface area contributed by atoms with Gasteiger partial charge in [0.2, 0.25) is 0 Å². The highest BCUT2D eigenvalue weighted by Crippen LogP contribution is 2.32. The van der Waals surface area contributed by atoms with Gasteiger partial charge in [-0.3, -0.25) is 0 Å². The number of fused-ring (bicyclic) bond motifs is 2. The Bertz CT molecular complexity index is 993. The van der Waals surface area contributed by atoms with Crippen LogP contribution in [0.15, 0.2) is 18.5 Å². The van der Waals surface area contributed by atoms with Crippen LogP contribution in [-0.2, 0) is 17.8 Å². The van der Waals surface area contributed by atoms with Gasteiger partial charge in [-0.25, -0.2) is 9.97 Å².